The number of rotatable bonds is 3. The monoisotopic (exact) mass is 253 g/mol. The summed E-state index contributed by atoms with van der Waals surface area (Å²) in [7, 11) is 0. The Labute approximate surface area is 110 Å². The Kier molecular flexibility index (Phi) is 2.93. The average molecular weight is 253 g/mol. The lowest BCUT2D eigenvalue weighted by molar-refractivity contribution is 0.0914. The highest BCUT2D eigenvalue weighted by molar-refractivity contribution is 5.89. The molecule has 3 N–H and O–H groups in total. The Morgan fingerprint density at radius 3 is 2.89 bits per heavy atom. The van der Waals surface area contributed by atoms with Crippen LogP contribution in [0.15, 0.2) is 48.9 Å². The summed E-state index contributed by atoms with van der Waals surface area (Å²) >= 11 is 0. The summed E-state index contributed by atoms with van der Waals surface area (Å²) in [6.45, 7) is 0.452. The maximum atomic E-state index is 12.2. The van der Waals surface area contributed by atoms with Crippen LogP contribution in [0.3, 0.4) is 0 Å². The van der Waals surface area contributed by atoms with Crippen LogP contribution in [0.5, 0.6) is 0 Å². The fraction of sp³-hybridized carbons (Fsp3) is 0.133. The lowest BCUT2D eigenvalue weighted by Crippen LogP contribution is -2.11. The van der Waals surface area contributed by atoms with E-state index in [2.05, 4.69) is 4.98 Å². The third-order valence-electron chi connectivity index (χ3n) is 3.29. The summed E-state index contributed by atoms with van der Waals surface area (Å²) in [6.07, 6.45) is 5.83. The number of aromatic nitrogens is 2. The minimum Gasteiger partial charge on any atom is -0.361 e. The highest BCUT2D eigenvalue weighted by Crippen LogP contribution is 2.18. The molecule has 0 saturated heterocycles. The maximum Gasteiger partial charge on any atom is 0.235 e. The quantitative estimate of drug-likeness (QED) is 0.752. The summed E-state index contributed by atoms with van der Waals surface area (Å²) in [4.78, 5) is 15.4. The van der Waals surface area contributed by atoms with Crippen molar-refractivity contribution in [2.45, 2.75) is 13.0 Å². The normalized spacial score (nSPS) is 11.0. The number of hydrogen-bond acceptors (Lipinski definition) is 2. The molecular weight excluding hydrogens is 238 g/mol. The van der Waals surface area contributed by atoms with E-state index in [-0.39, 0.29) is 5.91 Å². The van der Waals surface area contributed by atoms with Gasteiger partial charge >= 0.3 is 0 Å². The number of nitrogens with zero attached hydrogens (tertiary/aromatic N) is 1. The Morgan fingerprint density at radius 1 is 1.26 bits per heavy atom. The van der Waals surface area contributed by atoms with Gasteiger partial charge in [0.2, 0.25) is 5.91 Å². The first kappa shape index (κ1) is 11.7. The van der Waals surface area contributed by atoms with Crippen LogP contribution < -0.4 is 5.73 Å². The van der Waals surface area contributed by atoms with Crippen molar-refractivity contribution in [3.8, 4) is 0 Å². The SMILES string of the molecule is NCc1ccn(C(=O)Cc2c[nH]c3ccccc23)c1. The number of para-hydroxylation sites is 1. The van der Waals surface area contributed by atoms with E-state index < -0.39 is 0 Å². The van der Waals surface area contributed by atoms with Gasteiger partial charge in [-0.3, -0.25) is 9.36 Å². The molecule has 0 saturated carbocycles. The van der Waals surface area contributed by atoms with Crippen molar-refractivity contribution in [3.05, 3.63) is 60.0 Å². The third kappa shape index (κ3) is 2.18. The second-order valence-electron chi connectivity index (χ2n) is 4.56. The molecule has 3 aromatic rings. The molecule has 0 spiro atoms. The Balaban J connectivity index is 1.86. The number of fused-ring (bicyclic) bond motifs is 1. The maximum absolute atomic E-state index is 12.2. The molecule has 1 aromatic carbocycles. The summed E-state index contributed by atoms with van der Waals surface area (Å²) in [5.41, 5.74) is 8.58. The fourth-order valence-corrected chi connectivity index (χ4v) is 2.25. The standard InChI is InChI=1S/C15H15N3O/c16-8-11-5-6-18(10-11)15(19)7-12-9-17-14-4-2-1-3-13(12)14/h1-6,9-10,17H,7-8,16H2. The Hall–Kier alpha value is -2.33. The first-order valence-electron chi connectivity index (χ1n) is 6.23. The van der Waals surface area contributed by atoms with Crippen molar-refractivity contribution in [2.24, 2.45) is 5.73 Å². The van der Waals surface area contributed by atoms with Crippen LogP contribution in [-0.4, -0.2) is 15.5 Å². The number of nitrogens with two attached hydrogens (primary N) is 1. The molecule has 0 atom stereocenters. The lowest BCUT2D eigenvalue weighted by Gasteiger charge is -2.01. The van der Waals surface area contributed by atoms with Gasteiger partial charge in [-0.25, -0.2) is 0 Å². The molecule has 0 bridgehead atoms. The number of H-pyrrole nitrogens is 1. The lowest BCUT2D eigenvalue weighted by atomic mass is 10.1. The molecule has 4 heteroatoms. The van der Waals surface area contributed by atoms with E-state index in [1.165, 1.54) is 0 Å². The second-order valence-corrected chi connectivity index (χ2v) is 4.56. The molecule has 0 aliphatic carbocycles. The predicted molar refractivity (Wildman–Crippen MR) is 75.0 cm³/mol. The topological polar surface area (TPSA) is 63.8 Å². The molecule has 4 nitrogen and oxygen atoms in total. The van der Waals surface area contributed by atoms with Crippen molar-refractivity contribution in [1.82, 2.24) is 9.55 Å². The minimum atomic E-state index is 0.0458. The van der Waals surface area contributed by atoms with Crippen LogP contribution in [0.1, 0.15) is 15.9 Å². The van der Waals surface area contributed by atoms with Gasteiger partial charge in [0.15, 0.2) is 0 Å². The van der Waals surface area contributed by atoms with Gasteiger partial charge in [0.25, 0.3) is 0 Å². The van der Waals surface area contributed by atoms with Crippen LogP contribution in [0, 0.1) is 0 Å². The van der Waals surface area contributed by atoms with Crippen molar-refractivity contribution in [2.75, 3.05) is 0 Å². The van der Waals surface area contributed by atoms with Crippen LogP contribution in [0.2, 0.25) is 0 Å². The van der Waals surface area contributed by atoms with Crippen molar-refractivity contribution < 1.29 is 4.79 Å². The molecule has 0 aliphatic heterocycles. The van der Waals surface area contributed by atoms with E-state index in [1.807, 2.05) is 36.5 Å². The van der Waals surface area contributed by atoms with Gasteiger partial charge in [0, 0.05) is 36.0 Å². The second kappa shape index (κ2) is 4.74. The fourth-order valence-electron chi connectivity index (χ4n) is 2.25. The predicted octanol–water partition coefficient (Wildman–Crippen LogP) is 2.31. The number of aromatic amines is 1. The largest absolute Gasteiger partial charge is 0.361 e. The molecule has 0 aliphatic rings. The van der Waals surface area contributed by atoms with Crippen molar-refractivity contribution in [1.29, 1.82) is 0 Å². The van der Waals surface area contributed by atoms with Crippen LogP contribution in [0.4, 0.5) is 0 Å². The Bertz CT molecular complexity index is 724. The van der Waals surface area contributed by atoms with Gasteiger partial charge in [-0.1, -0.05) is 18.2 Å². The molecule has 19 heavy (non-hydrogen) atoms. The van der Waals surface area contributed by atoms with E-state index in [0.29, 0.717) is 13.0 Å². The summed E-state index contributed by atoms with van der Waals surface area (Å²) < 4.78 is 1.60. The third-order valence-corrected chi connectivity index (χ3v) is 3.29. The van der Waals surface area contributed by atoms with Crippen molar-refractivity contribution >= 4 is 16.8 Å². The van der Waals surface area contributed by atoms with Crippen LogP contribution in [0.25, 0.3) is 10.9 Å². The first-order chi connectivity index (χ1) is 9.28. The first-order valence-corrected chi connectivity index (χ1v) is 6.23. The number of benzene rings is 1. The average Bonchev–Trinajstić information content (AvgIpc) is 3.06. The van der Waals surface area contributed by atoms with Gasteiger partial charge in [0.05, 0.1) is 6.42 Å². The molecule has 0 amide bonds. The van der Waals surface area contributed by atoms with E-state index >= 15 is 0 Å². The molecule has 0 unspecified atom stereocenters. The highest BCUT2D eigenvalue weighted by Gasteiger charge is 2.10. The molecule has 96 valence electrons. The summed E-state index contributed by atoms with van der Waals surface area (Å²) in [6, 6.07) is 9.85. The smallest absolute Gasteiger partial charge is 0.235 e. The molecule has 2 aromatic heterocycles. The minimum absolute atomic E-state index is 0.0458. The van der Waals surface area contributed by atoms with E-state index in [4.69, 9.17) is 5.73 Å². The van der Waals surface area contributed by atoms with Gasteiger partial charge < -0.3 is 10.7 Å². The van der Waals surface area contributed by atoms with Crippen LogP contribution in [-0.2, 0) is 13.0 Å². The van der Waals surface area contributed by atoms with Gasteiger partial charge in [-0.05, 0) is 23.3 Å². The molecule has 3 rings (SSSR count). The number of carbonyl (C=O) groups excluding carboxylic acids is 1. The molecule has 0 radical (unpaired) electrons. The Morgan fingerprint density at radius 2 is 2.11 bits per heavy atom. The zero-order chi connectivity index (χ0) is 13.2. The molecular formula is C15H15N3O. The number of carbonyl (C=O) groups is 1. The van der Waals surface area contributed by atoms with E-state index in [0.717, 1.165) is 22.0 Å². The molecule has 2 heterocycles. The van der Waals surface area contributed by atoms with Gasteiger partial charge in [-0.15, -0.1) is 0 Å². The summed E-state index contributed by atoms with van der Waals surface area (Å²) in [5.74, 6) is 0.0458. The van der Waals surface area contributed by atoms with Gasteiger partial charge in [-0.2, -0.15) is 0 Å². The van der Waals surface area contributed by atoms with Crippen molar-refractivity contribution in [3.63, 3.8) is 0 Å². The number of hydrogen-bond donors (Lipinski definition) is 2. The van der Waals surface area contributed by atoms with E-state index in [9.17, 15) is 4.79 Å². The van der Waals surface area contributed by atoms with Gasteiger partial charge in [0.1, 0.15) is 0 Å². The number of nitrogens with one attached hydrogen (secondary N) is 1. The highest BCUT2D eigenvalue weighted by atomic mass is 16.1. The molecule has 0 fully saturated rings. The van der Waals surface area contributed by atoms with E-state index in [1.54, 1.807) is 17.0 Å². The van der Waals surface area contributed by atoms with Crippen LogP contribution >= 0.6 is 0 Å². The zero-order valence-corrected chi connectivity index (χ0v) is 10.5. The summed E-state index contributed by atoms with van der Waals surface area (Å²) in [5, 5.41) is 1.10. The zero-order valence-electron chi connectivity index (χ0n) is 10.5.